The van der Waals surface area contributed by atoms with Gasteiger partial charge in [-0.1, -0.05) is 18.2 Å². The minimum Gasteiger partial charge on any atom is -0.326 e. The van der Waals surface area contributed by atoms with Gasteiger partial charge in [-0.05, 0) is 37.9 Å². The fourth-order valence-corrected chi connectivity index (χ4v) is 4.06. The molecule has 3 heterocycles. The molecule has 2 saturated heterocycles. The van der Waals surface area contributed by atoms with Crippen LogP contribution in [-0.4, -0.2) is 58.8 Å². The summed E-state index contributed by atoms with van der Waals surface area (Å²) in [5.74, 6) is -0.198. The Kier molecular flexibility index (Phi) is 5.22. The van der Waals surface area contributed by atoms with E-state index < -0.39 is 0 Å². The first-order valence-corrected chi connectivity index (χ1v) is 9.71. The number of pyridine rings is 1. The molecule has 2 aliphatic rings. The molecular formula is C21H23N5O2. The van der Waals surface area contributed by atoms with Crippen molar-refractivity contribution in [3.8, 4) is 6.07 Å². The second-order valence-electron chi connectivity index (χ2n) is 7.50. The third-order valence-corrected chi connectivity index (χ3v) is 5.58. The number of likely N-dealkylation sites (tertiary alicyclic amines) is 2. The molecule has 2 atom stereocenters. The number of hydrogen-bond donors (Lipinski definition) is 1. The predicted molar refractivity (Wildman–Crippen MR) is 105 cm³/mol. The lowest BCUT2D eigenvalue weighted by Crippen LogP contribution is -2.42. The summed E-state index contributed by atoms with van der Waals surface area (Å²) in [5, 5.41) is 13.1. The highest BCUT2D eigenvalue weighted by molar-refractivity contribution is 5.94. The molecule has 28 heavy (non-hydrogen) atoms. The molecule has 0 saturated carbocycles. The number of rotatable bonds is 4. The second-order valence-corrected chi connectivity index (χ2v) is 7.50. The van der Waals surface area contributed by atoms with Crippen LogP contribution in [0.15, 0.2) is 36.5 Å². The summed E-state index contributed by atoms with van der Waals surface area (Å²) < 4.78 is 0. The van der Waals surface area contributed by atoms with Crippen molar-refractivity contribution >= 4 is 28.4 Å². The fraction of sp³-hybridized carbons (Fsp3) is 0.429. The van der Waals surface area contributed by atoms with Crippen molar-refractivity contribution in [1.29, 1.82) is 5.26 Å². The number of para-hydroxylation sites is 1. The Bertz CT molecular complexity index is 938. The fourth-order valence-electron chi connectivity index (χ4n) is 4.06. The quantitative estimate of drug-likeness (QED) is 0.880. The van der Waals surface area contributed by atoms with Crippen LogP contribution >= 0.6 is 0 Å². The zero-order valence-electron chi connectivity index (χ0n) is 15.7. The van der Waals surface area contributed by atoms with Gasteiger partial charge >= 0.3 is 0 Å². The number of benzene rings is 1. The number of aromatic nitrogens is 1. The molecule has 0 spiro atoms. The average molecular weight is 377 g/mol. The van der Waals surface area contributed by atoms with E-state index in [1.54, 1.807) is 11.1 Å². The van der Waals surface area contributed by atoms with Crippen molar-refractivity contribution in [2.45, 2.75) is 25.3 Å². The maximum absolute atomic E-state index is 12.6. The van der Waals surface area contributed by atoms with E-state index in [1.807, 2.05) is 35.2 Å². The lowest BCUT2D eigenvalue weighted by Gasteiger charge is -2.23. The molecule has 7 nitrogen and oxygen atoms in total. The smallest absolute Gasteiger partial charge is 0.237 e. The molecule has 7 heteroatoms. The number of carbonyl (C=O) groups is 2. The van der Waals surface area contributed by atoms with Gasteiger partial charge in [0, 0.05) is 18.5 Å². The predicted octanol–water partition coefficient (Wildman–Crippen LogP) is 2.01. The highest BCUT2D eigenvalue weighted by atomic mass is 16.2. The van der Waals surface area contributed by atoms with Gasteiger partial charge in [-0.25, -0.2) is 0 Å². The van der Waals surface area contributed by atoms with Crippen LogP contribution in [0.3, 0.4) is 0 Å². The van der Waals surface area contributed by atoms with Gasteiger partial charge in [0.05, 0.1) is 35.9 Å². The van der Waals surface area contributed by atoms with Crippen molar-refractivity contribution in [3.05, 3.63) is 36.5 Å². The second kappa shape index (κ2) is 7.95. The maximum atomic E-state index is 12.6. The molecule has 1 aromatic heterocycles. The molecule has 2 aromatic rings. The highest BCUT2D eigenvalue weighted by Gasteiger charge is 2.33. The molecule has 1 N–H and O–H groups in total. The minimum atomic E-state index is -0.297. The highest BCUT2D eigenvalue weighted by Crippen LogP contribution is 2.22. The van der Waals surface area contributed by atoms with Crippen molar-refractivity contribution in [3.63, 3.8) is 0 Å². The topological polar surface area (TPSA) is 89.3 Å². The molecule has 2 fully saturated rings. The summed E-state index contributed by atoms with van der Waals surface area (Å²) in [6.45, 7) is 2.21. The van der Waals surface area contributed by atoms with Crippen LogP contribution in [0.4, 0.5) is 5.69 Å². The Morgan fingerprint density at radius 3 is 2.96 bits per heavy atom. The number of nitrogens with one attached hydrogen (secondary N) is 1. The number of nitrogens with zero attached hydrogens (tertiary/aromatic N) is 4. The molecule has 4 rings (SSSR count). The van der Waals surface area contributed by atoms with Crippen molar-refractivity contribution < 1.29 is 9.59 Å². The first kappa shape index (κ1) is 18.4. The first-order chi connectivity index (χ1) is 13.6. The Labute approximate surface area is 163 Å². The molecule has 144 valence electrons. The summed E-state index contributed by atoms with van der Waals surface area (Å²) in [6, 6.07) is 11.6. The third-order valence-electron chi connectivity index (χ3n) is 5.58. The summed E-state index contributed by atoms with van der Waals surface area (Å²) in [5.41, 5.74) is 1.58. The summed E-state index contributed by atoms with van der Waals surface area (Å²) in [7, 11) is 0. The van der Waals surface area contributed by atoms with E-state index in [0.29, 0.717) is 25.3 Å². The van der Waals surface area contributed by atoms with Gasteiger partial charge in [-0.2, -0.15) is 5.26 Å². The molecule has 0 radical (unpaired) electrons. The molecule has 2 amide bonds. The minimum absolute atomic E-state index is 0.0103. The van der Waals surface area contributed by atoms with Gasteiger partial charge in [0.25, 0.3) is 0 Å². The van der Waals surface area contributed by atoms with Crippen molar-refractivity contribution in [2.24, 2.45) is 5.92 Å². The Morgan fingerprint density at radius 1 is 1.25 bits per heavy atom. The van der Waals surface area contributed by atoms with E-state index in [4.69, 9.17) is 5.26 Å². The van der Waals surface area contributed by atoms with Crippen molar-refractivity contribution in [2.75, 3.05) is 31.5 Å². The zero-order valence-corrected chi connectivity index (χ0v) is 15.7. The largest absolute Gasteiger partial charge is 0.326 e. The molecule has 2 aliphatic heterocycles. The Hall–Kier alpha value is -2.98. The number of carbonyl (C=O) groups excluding carboxylic acids is 2. The lowest BCUT2D eigenvalue weighted by molar-refractivity contribution is -0.132. The third kappa shape index (κ3) is 3.82. The molecule has 1 unspecified atom stereocenters. The van der Waals surface area contributed by atoms with Gasteiger partial charge in [0.15, 0.2) is 0 Å². The van der Waals surface area contributed by atoms with Crippen LogP contribution in [0.5, 0.6) is 0 Å². The van der Waals surface area contributed by atoms with E-state index in [9.17, 15) is 9.59 Å². The SMILES string of the molecule is N#CC1CCCN1C(=O)CN1CC[C@H](C(=O)Nc2cnc3ccccc3c2)C1. The molecular weight excluding hydrogens is 354 g/mol. The van der Waals surface area contributed by atoms with E-state index in [2.05, 4.69) is 16.4 Å². The first-order valence-electron chi connectivity index (χ1n) is 9.71. The Balaban J connectivity index is 1.32. The van der Waals surface area contributed by atoms with E-state index in [1.165, 1.54) is 0 Å². The number of nitriles is 1. The van der Waals surface area contributed by atoms with Crippen LogP contribution in [0.1, 0.15) is 19.3 Å². The molecule has 0 aliphatic carbocycles. The number of fused-ring (bicyclic) bond motifs is 1. The van der Waals surface area contributed by atoms with Crippen LogP contribution < -0.4 is 5.32 Å². The monoisotopic (exact) mass is 377 g/mol. The van der Waals surface area contributed by atoms with E-state index in [-0.39, 0.29) is 30.3 Å². The van der Waals surface area contributed by atoms with Gasteiger partial charge in [-0.15, -0.1) is 0 Å². The number of hydrogen-bond acceptors (Lipinski definition) is 5. The molecule has 0 bridgehead atoms. The van der Waals surface area contributed by atoms with Crippen LogP contribution in [0.25, 0.3) is 10.9 Å². The summed E-state index contributed by atoms with van der Waals surface area (Å²) in [6.07, 6.45) is 4.04. The summed E-state index contributed by atoms with van der Waals surface area (Å²) in [4.78, 5) is 33.2. The average Bonchev–Trinajstić information content (AvgIpc) is 3.37. The number of anilines is 1. The van der Waals surface area contributed by atoms with E-state index >= 15 is 0 Å². The van der Waals surface area contributed by atoms with Gasteiger partial charge in [0.2, 0.25) is 11.8 Å². The number of amides is 2. The zero-order chi connectivity index (χ0) is 19.5. The Morgan fingerprint density at radius 2 is 2.11 bits per heavy atom. The van der Waals surface area contributed by atoms with Crippen LogP contribution in [-0.2, 0) is 9.59 Å². The van der Waals surface area contributed by atoms with Crippen LogP contribution in [0.2, 0.25) is 0 Å². The molecule has 1 aromatic carbocycles. The van der Waals surface area contributed by atoms with Gasteiger partial charge < -0.3 is 10.2 Å². The normalized spacial score (nSPS) is 22.3. The summed E-state index contributed by atoms with van der Waals surface area (Å²) >= 11 is 0. The van der Waals surface area contributed by atoms with Crippen LogP contribution in [0, 0.1) is 17.2 Å². The van der Waals surface area contributed by atoms with Gasteiger partial charge in [-0.3, -0.25) is 19.5 Å². The van der Waals surface area contributed by atoms with Gasteiger partial charge in [0.1, 0.15) is 6.04 Å². The standard InChI is InChI=1S/C21H23N5O2/c22-11-18-5-3-8-26(18)20(27)14-25-9-7-16(13-25)21(28)24-17-10-15-4-1-2-6-19(15)23-12-17/h1-2,4,6,10,12,16,18H,3,5,7-9,13-14H2,(H,24,28)/t16-,18?/m0/s1. The maximum Gasteiger partial charge on any atom is 0.237 e. The lowest BCUT2D eigenvalue weighted by atomic mass is 10.1. The van der Waals surface area contributed by atoms with Crippen molar-refractivity contribution in [1.82, 2.24) is 14.8 Å². The van der Waals surface area contributed by atoms with E-state index in [0.717, 1.165) is 30.2 Å².